The number of rotatable bonds is 4. The maximum atomic E-state index is 15.5. The van der Waals surface area contributed by atoms with Crippen molar-refractivity contribution >= 4 is 44.4 Å². The van der Waals surface area contributed by atoms with Gasteiger partial charge < -0.3 is 24.4 Å². The van der Waals surface area contributed by atoms with Crippen LogP contribution in [0.25, 0.3) is 15.7 Å². The summed E-state index contributed by atoms with van der Waals surface area (Å²) in [5.74, 6) is -1.85. The van der Waals surface area contributed by atoms with Crippen LogP contribution in [-0.2, 0) is 16.0 Å². The summed E-state index contributed by atoms with van der Waals surface area (Å²) in [4.78, 5) is 29.1. The highest BCUT2D eigenvalue weighted by Gasteiger charge is 2.33. The maximum Gasteiger partial charge on any atom is 0.342 e. The molecule has 1 fully saturated rings. The first kappa shape index (κ1) is 19.3. The molecule has 2 aliphatic heterocycles. The number of aromatic carboxylic acids is 1. The molecule has 30 heavy (non-hydrogen) atoms. The van der Waals surface area contributed by atoms with Crippen LogP contribution in [0, 0.1) is 5.82 Å². The molecule has 2 aromatic heterocycles. The third kappa shape index (κ3) is 2.64. The molecule has 1 atom stereocenters. The fourth-order valence-electron chi connectivity index (χ4n) is 4.51. The van der Waals surface area contributed by atoms with Gasteiger partial charge in [-0.25, -0.2) is 9.18 Å². The number of aromatic nitrogens is 1. The first-order valence-corrected chi connectivity index (χ1v) is 10.4. The Bertz CT molecular complexity index is 1250. The highest BCUT2D eigenvalue weighted by Crippen LogP contribution is 2.43. The number of halogens is 1. The van der Waals surface area contributed by atoms with Crippen LogP contribution < -0.4 is 15.2 Å². The molecule has 1 saturated heterocycles. The van der Waals surface area contributed by atoms with Gasteiger partial charge in [0, 0.05) is 32.6 Å². The van der Waals surface area contributed by atoms with Crippen molar-refractivity contribution in [3.8, 4) is 0 Å². The number of carboxylic acid groups (broad SMARTS) is 1. The largest absolute Gasteiger partial charge is 0.477 e. The lowest BCUT2D eigenvalue weighted by Crippen LogP contribution is -2.45. The zero-order valence-corrected chi connectivity index (χ0v) is 17.3. The van der Waals surface area contributed by atoms with Crippen LogP contribution in [-0.4, -0.2) is 62.0 Å². The van der Waals surface area contributed by atoms with Crippen molar-refractivity contribution in [1.82, 2.24) is 4.40 Å². The van der Waals surface area contributed by atoms with Crippen molar-refractivity contribution < 1.29 is 23.8 Å². The zero-order chi connectivity index (χ0) is 21.2. The molecule has 0 aliphatic carbocycles. The van der Waals surface area contributed by atoms with Crippen LogP contribution in [0.1, 0.15) is 16.1 Å². The van der Waals surface area contributed by atoms with Crippen LogP contribution in [0.15, 0.2) is 16.2 Å². The topological polar surface area (TPSA) is 83.7 Å². The summed E-state index contributed by atoms with van der Waals surface area (Å²) in [7, 11) is 3.45. The summed E-state index contributed by atoms with van der Waals surface area (Å²) in [5, 5.41) is 11.6. The van der Waals surface area contributed by atoms with Gasteiger partial charge in [0.15, 0.2) is 0 Å². The molecule has 3 aromatic rings. The fraction of sp³-hybridized carbons (Fsp3) is 0.400. The molecule has 1 N–H and O–H groups in total. The first-order chi connectivity index (χ1) is 14.4. The molecule has 0 spiro atoms. The number of hydrogen-bond donors (Lipinski definition) is 1. The number of anilines is 2. The number of ether oxygens (including phenoxy) is 2. The minimum atomic E-state index is -1.30. The number of carboxylic acids is 1. The summed E-state index contributed by atoms with van der Waals surface area (Å²) in [5.41, 5.74) is 1.45. The van der Waals surface area contributed by atoms with Gasteiger partial charge in [-0.3, -0.25) is 9.20 Å². The molecule has 8 nitrogen and oxygen atoms in total. The second-order valence-corrected chi connectivity index (χ2v) is 8.44. The van der Waals surface area contributed by atoms with Crippen LogP contribution >= 0.6 is 11.3 Å². The number of methoxy groups -OCH3 is 1. The number of morpholine rings is 1. The average molecular weight is 433 g/mol. The Morgan fingerprint density at radius 3 is 2.97 bits per heavy atom. The Hall–Kier alpha value is -2.69. The van der Waals surface area contributed by atoms with Crippen molar-refractivity contribution in [2.45, 2.75) is 12.6 Å². The third-order valence-electron chi connectivity index (χ3n) is 5.71. The molecule has 0 saturated carbocycles. The quantitative estimate of drug-likeness (QED) is 0.675. The molecule has 10 heteroatoms. The molecular weight excluding hydrogens is 413 g/mol. The standard InChI is InChI=1S/C20H20FN3O5S/c1-22-6-10-9-30-19-14(20(26)27)18(25)12-5-13(21)16(17(22)15(12)24(10)19)23-3-4-29-11(7-23)8-28-2/h5,9,11H,3-4,6-8H2,1-2H3,(H,26,27)/t11-/m0/s1. The van der Waals surface area contributed by atoms with Gasteiger partial charge in [-0.05, 0) is 6.07 Å². The van der Waals surface area contributed by atoms with Crippen LogP contribution in [0.3, 0.4) is 0 Å². The molecule has 4 heterocycles. The van der Waals surface area contributed by atoms with Gasteiger partial charge in [0.1, 0.15) is 16.2 Å². The highest BCUT2D eigenvalue weighted by molar-refractivity contribution is 7.16. The summed E-state index contributed by atoms with van der Waals surface area (Å²) >= 11 is 1.22. The van der Waals surface area contributed by atoms with E-state index in [-0.39, 0.29) is 17.1 Å². The van der Waals surface area contributed by atoms with Crippen molar-refractivity contribution in [3.63, 3.8) is 0 Å². The monoisotopic (exact) mass is 433 g/mol. The van der Waals surface area contributed by atoms with E-state index in [1.54, 1.807) is 11.5 Å². The van der Waals surface area contributed by atoms with Gasteiger partial charge in [0.2, 0.25) is 5.43 Å². The van der Waals surface area contributed by atoms with Crippen LogP contribution in [0.5, 0.6) is 0 Å². The third-order valence-corrected chi connectivity index (χ3v) is 6.71. The average Bonchev–Trinajstić information content (AvgIpc) is 3.11. The first-order valence-electron chi connectivity index (χ1n) is 9.53. The predicted molar refractivity (Wildman–Crippen MR) is 112 cm³/mol. The van der Waals surface area contributed by atoms with Gasteiger partial charge in [-0.1, -0.05) is 0 Å². The number of nitrogens with zero attached hydrogens (tertiary/aromatic N) is 3. The molecule has 0 unspecified atom stereocenters. The molecule has 5 rings (SSSR count). The van der Waals surface area contributed by atoms with Crippen molar-refractivity contribution in [2.24, 2.45) is 0 Å². The summed E-state index contributed by atoms with van der Waals surface area (Å²) in [6.07, 6.45) is -0.186. The zero-order valence-electron chi connectivity index (χ0n) is 16.5. The Morgan fingerprint density at radius 2 is 2.23 bits per heavy atom. The summed E-state index contributed by atoms with van der Waals surface area (Å²) in [6.45, 7) is 2.28. The minimum absolute atomic E-state index is 0.0778. The SMILES string of the molecule is COC[C@@H]1CN(c2c(F)cc3c(=O)c(C(=O)O)c4scc5n4c3c2N(C)C5)CCO1. The lowest BCUT2D eigenvalue weighted by molar-refractivity contribution is -0.0101. The summed E-state index contributed by atoms with van der Waals surface area (Å²) in [6, 6.07) is 1.18. The summed E-state index contributed by atoms with van der Waals surface area (Å²) < 4.78 is 28.2. The van der Waals surface area contributed by atoms with E-state index < -0.39 is 17.2 Å². The Balaban J connectivity index is 1.83. The number of carbonyl (C=O) groups is 1. The minimum Gasteiger partial charge on any atom is -0.477 e. The van der Waals surface area contributed by atoms with E-state index in [1.165, 1.54) is 17.4 Å². The lowest BCUT2D eigenvalue weighted by Gasteiger charge is -2.38. The normalized spacial score (nSPS) is 18.7. The smallest absolute Gasteiger partial charge is 0.342 e. The van der Waals surface area contributed by atoms with Crippen LogP contribution in [0.4, 0.5) is 15.8 Å². The lowest BCUT2D eigenvalue weighted by atomic mass is 10.0. The number of hydrogen-bond acceptors (Lipinski definition) is 7. The number of pyridine rings is 1. The van der Waals surface area contributed by atoms with Gasteiger partial charge in [0.25, 0.3) is 0 Å². The van der Waals surface area contributed by atoms with E-state index in [0.29, 0.717) is 54.6 Å². The number of thiazole rings is 1. The van der Waals surface area contributed by atoms with E-state index in [2.05, 4.69) is 0 Å². The van der Waals surface area contributed by atoms with E-state index in [1.807, 2.05) is 22.2 Å². The van der Waals surface area contributed by atoms with Crippen molar-refractivity contribution in [2.75, 3.05) is 50.3 Å². The Kier molecular flexibility index (Phi) is 4.46. The van der Waals surface area contributed by atoms with Gasteiger partial charge in [-0.15, -0.1) is 11.3 Å². The van der Waals surface area contributed by atoms with E-state index in [4.69, 9.17) is 9.47 Å². The van der Waals surface area contributed by atoms with E-state index >= 15 is 4.39 Å². The number of benzene rings is 1. The van der Waals surface area contributed by atoms with Gasteiger partial charge in [0.05, 0.1) is 53.8 Å². The van der Waals surface area contributed by atoms with E-state index in [9.17, 15) is 14.7 Å². The molecule has 158 valence electrons. The van der Waals surface area contributed by atoms with Crippen LogP contribution in [0.2, 0.25) is 0 Å². The highest BCUT2D eigenvalue weighted by atomic mass is 32.1. The van der Waals surface area contributed by atoms with Gasteiger partial charge >= 0.3 is 5.97 Å². The van der Waals surface area contributed by atoms with E-state index in [0.717, 1.165) is 5.69 Å². The predicted octanol–water partition coefficient (Wildman–Crippen LogP) is 2.15. The molecule has 2 aliphatic rings. The molecule has 0 amide bonds. The Morgan fingerprint density at radius 1 is 1.43 bits per heavy atom. The Labute approximate surface area is 174 Å². The maximum absolute atomic E-state index is 15.5. The molecule has 0 radical (unpaired) electrons. The van der Waals surface area contributed by atoms with Gasteiger partial charge in [-0.2, -0.15) is 0 Å². The molecule has 0 bridgehead atoms. The fourth-order valence-corrected chi connectivity index (χ4v) is 5.55. The van der Waals surface area contributed by atoms with Crippen molar-refractivity contribution in [3.05, 3.63) is 38.7 Å². The second kappa shape index (κ2) is 6.93. The van der Waals surface area contributed by atoms with Crippen molar-refractivity contribution in [1.29, 1.82) is 0 Å². The second-order valence-electron chi connectivity index (χ2n) is 7.58. The molecular formula is C20H20FN3O5S. The molecule has 1 aromatic carbocycles.